The van der Waals surface area contributed by atoms with Crippen LogP contribution in [0.15, 0.2) is 41.3 Å². The quantitative estimate of drug-likeness (QED) is 0.626. The molecule has 2 atom stereocenters. The van der Waals surface area contributed by atoms with Gasteiger partial charge >= 0.3 is 5.97 Å². The van der Waals surface area contributed by atoms with E-state index in [9.17, 15) is 14.0 Å². The molecule has 0 saturated carbocycles. The van der Waals surface area contributed by atoms with Gasteiger partial charge < -0.3 is 10.4 Å². The summed E-state index contributed by atoms with van der Waals surface area (Å²) in [4.78, 5) is 23.5. The summed E-state index contributed by atoms with van der Waals surface area (Å²) in [6.07, 6.45) is 4.08. The van der Waals surface area contributed by atoms with Crippen LogP contribution in [0.1, 0.15) is 12.8 Å². The van der Waals surface area contributed by atoms with E-state index in [1.54, 1.807) is 24.3 Å². The number of hydrogen-bond donors (Lipinski definition) is 2. The molecule has 2 unspecified atom stereocenters. The number of carbonyl (C=O) groups excluding carboxylic acids is 1. The predicted octanol–water partition coefficient (Wildman–Crippen LogP) is 2.45. The summed E-state index contributed by atoms with van der Waals surface area (Å²) in [5.41, 5.74) is 0. The first-order chi connectivity index (χ1) is 10.0. The van der Waals surface area contributed by atoms with Crippen molar-refractivity contribution < 1.29 is 19.1 Å². The van der Waals surface area contributed by atoms with Gasteiger partial charge in [0.15, 0.2) is 0 Å². The lowest BCUT2D eigenvalue weighted by Crippen LogP contribution is -2.33. The third-order valence-electron chi connectivity index (χ3n) is 3.16. The molecule has 0 fully saturated rings. The van der Waals surface area contributed by atoms with Crippen molar-refractivity contribution in [3.8, 4) is 0 Å². The molecule has 2 rings (SSSR count). The molecule has 6 heteroatoms. The van der Waals surface area contributed by atoms with Gasteiger partial charge in [-0.15, -0.1) is 11.8 Å². The van der Waals surface area contributed by atoms with Gasteiger partial charge in [-0.1, -0.05) is 12.2 Å². The molecule has 21 heavy (non-hydrogen) atoms. The van der Waals surface area contributed by atoms with Crippen molar-refractivity contribution in [3.63, 3.8) is 0 Å². The van der Waals surface area contributed by atoms with E-state index in [4.69, 9.17) is 5.11 Å². The highest BCUT2D eigenvalue weighted by Crippen LogP contribution is 2.20. The van der Waals surface area contributed by atoms with Crippen LogP contribution in [0, 0.1) is 11.7 Å². The van der Waals surface area contributed by atoms with Gasteiger partial charge in [0.25, 0.3) is 0 Å². The molecule has 1 amide bonds. The van der Waals surface area contributed by atoms with Crippen molar-refractivity contribution in [2.45, 2.75) is 23.8 Å². The van der Waals surface area contributed by atoms with E-state index in [0.29, 0.717) is 18.6 Å². The number of halogens is 1. The summed E-state index contributed by atoms with van der Waals surface area (Å²) < 4.78 is 12.7. The van der Waals surface area contributed by atoms with E-state index in [0.717, 1.165) is 4.90 Å². The van der Waals surface area contributed by atoms with Crippen LogP contribution in [0.5, 0.6) is 0 Å². The van der Waals surface area contributed by atoms with E-state index in [1.807, 2.05) is 0 Å². The largest absolute Gasteiger partial charge is 0.481 e. The fraction of sp³-hybridized carbons (Fsp3) is 0.333. The molecule has 0 saturated heterocycles. The molecular formula is C15H16FNO3S. The van der Waals surface area contributed by atoms with E-state index >= 15 is 0 Å². The van der Waals surface area contributed by atoms with Gasteiger partial charge in [-0.05, 0) is 30.7 Å². The number of aliphatic carboxylic acids is 1. The smallest absolute Gasteiger partial charge is 0.310 e. The van der Waals surface area contributed by atoms with Crippen LogP contribution in [0.3, 0.4) is 0 Å². The molecule has 1 aliphatic rings. The first-order valence-electron chi connectivity index (χ1n) is 6.63. The number of carboxylic acids is 1. The number of hydrogen-bond acceptors (Lipinski definition) is 3. The number of nitrogens with one attached hydrogen (secondary N) is 1. The van der Waals surface area contributed by atoms with Crippen molar-refractivity contribution in [1.29, 1.82) is 0 Å². The lowest BCUT2D eigenvalue weighted by atomic mass is 10.1. The number of carbonyl (C=O) groups is 2. The van der Waals surface area contributed by atoms with Gasteiger partial charge in [0.1, 0.15) is 5.82 Å². The summed E-state index contributed by atoms with van der Waals surface area (Å²) in [5, 5.41) is 11.7. The molecule has 0 aliphatic heterocycles. The molecule has 0 radical (unpaired) electrons. The fourth-order valence-electron chi connectivity index (χ4n) is 2.06. The van der Waals surface area contributed by atoms with Crippen LogP contribution in [-0.4, -0.2) is 28.8 Å². The normalized spacial score (nSPS) is 20.4. The maximum Gasteiger partial charge on any atom is 0.310 e. The fourth-order valence-corrected chi connectivity index (χ4v) is 2.91. The summed E-state index contributed by atoms with van der Waals surface area (Å²) >= 11 is 1.48. The van der Waals surface area contributed by atoms with Gasteiger partial charge in [-0.3, -0.25) is 9.59 Å². The lowest BCUT2D eigenvalue weighted by Gasteiger charge is -2.12. The zero-order valence-corrected chi connectivity index (χ0v) is 12.1. The Labute approximate surface area is 126 Å². The van der Waals surface area contributed by atoms with Crippen molar-refractivity contribution in [2.24, 2.45) is 5.92 Å². The average molecular weight is 309 g/mol. The molecule has 0 bridgehead atoms. The standard InChI is InChI=1S/C15H16FNO3S/c16-11-2-5-13(6-3-11)21-8-7-14(18)17-12-4-1-10(9-12)15(19)20/h1-6,10,12H,7-9H2,(H,17,18)(H,19,20). The minimum absolute atomic E-state index is 0.106. The van der Waals surface area contributed by atoms with Crippen LogP contribution in [-0.2, 0) is 9.59 Å². The Balaban J connectivity index is 1.67. The zero-order chi connectivity index (χ0) is 15.2. The first kappa shape index (κ1) is 15.6. The minimum atomic E-state index is -0.866. The van der Waals surface area contributed by atoms with Crippen molar-refractivity contribution in [1.82, 2.24) is 5.32 Å². The Morgan fingerprint density at radius 3 is 2.62 bits per heavy atom. The maximum atomic E-state index is 12.7. The Bertz CT molecular complexity index is 544. The molecule has 0 aromatic heterocycles. The van der Waals surface area contributed by atoms with E-state index in [1.165, 1.54) is 23.9 Å². The molecule has 112 valence electrons. The van der Waals surface area contributed by atoms with Crippen molar-refractivity contribution >= 4 is 23.6 Å². The monoisotopic (exact) mass is 309 g/mol. The van der Waals surface area contributed by atoms with Gasteiger partial charge in [-0.25, -0.2) is 4.39 Å². The van der Waals surface area contributed by atoms with Crippen molar-refractivity contribution in [3.05, 3.63) is 42.2 Å². The number of amides is 1. The number of thioether (sulfide) groups is 1. The van der Waals surface area contributed by atoms with E-state index < -0.39 is 11.9 Å². The highest BCUT2D eigenvalue weighted by atomic mass is 32.2. The van der Waals surface area contributed by atoms with Crippen molar-refractivity contribution in [2.75, 3.05) is 5.75 Å². The van der Waals surface area contributed by atoms with Crippen LogP contribution in [0.4, 0.5) is 4.39 Å². The SMILES string of the molecule is O=C(CCSc1ccc(F)cc1)NC1C=CC(C(=O)O)C1. The minimum Gasteiger partial charge on any atom is -0.481 e. The number of rotatable bonds is 6. The third-order valence-corrected chi connectivity index (χ3v) is 4.17. The summed E-state index contributed by atoms with van der Waals surface area (Å²) in [6.45, 7) is 0. The summed E-state index contributed by atoms with van der Waals surface area (Å²) in [6, 6.07) is 5.93. The highest BCUT2D eigenvalue weighted by Gasteiger charge is 2.25. The maximum absolute atomic E-state index is 12.7. The van der Waals surface area contributed by atoms with Crippen LogP contribution < -0.4 is 5.32 Å². The first-order valence-corrected chi connectivity index (χ1v) is 7.62. The second-order valence-corrected chi connectivity index (χ2v) is 5.96. The third kappa shape index (κ3) is 4.90. The summed E-state index contributed by atoms with van der Waals surface area (Å²) in [7, 11) is 0. The van der Waals surface area contributed by atoms with Gasteiger partial charge in [0.2, 0.25) is 5.91 Å². The second kappa shape index (κ2) is 7.26. The van der Waals surface area contributed by atoms with E-state index in [-0.39, 0.29) is 17.8 Å². The zero-order valence-electron chi connectivity index (χ0n) is 11.3. The highest BCUT2D eigenvalue weighted by molar-refractivity contribution is 7.99. The molecular weight excluding hydrogens is 293 g/mol. The molecule has 1 aromatic rings. The predicted molar refractivity (Wildman–Crippen MR) is 78.6 cm³/mol. The Morgan fingerprint density at radius 2 is 2.00 bits per heavy atom. The second-order valence-electron chi connectivity index (χ2n) is 4.79. The Hall–Kier alpha value is -1.82. The molecule has 0 spiro atoms. The van der Waals surface area contributed by atoms with Crippen LogP contribution in [0.2, 0.25) is 0 Å². The molecule has 0 heterocycles. The van der Waals surface area contributed by atoms with Crippen LogP contribution >= 0.6 is 11.8 Å². The Kier molecular flexibility index (Phi) is 5.38. The Morgan fingerprint density at radius 1 is 1.29 bits per heavy atom. The number of benzene rings is 1. The average Bonchev–Trinajstić information content (AvgIpc) is 2.90. The molecule has 4 nitrogen and oxygen atoms in total. The van der Waals surface area contributed by atoms with Gasteiger partial charge in [-0.2, -0.15) is 0 Å². The number of carboxylic acid groups (broad SMARTS) is 1. The topological polar surface area (TPSA) is 66.4 Å². The van der Waals surface area contributed by atoms with E-state index in [2.05, 4.69) is 5.32 Å². The molecule has 1 aromatic carbocycles. The molecule has 1 aliphatic carbocycles. The molecule has 2 N–H and O–H groups in total. The van der Waals surface area contributed by atoms with Crippen LogP contribution in [0.25, 0.3) is 0 Å². The van der Waals surface area contributed by atoms with Gasteiger partial charge in [0.05, 0.1) is 5.92 Å². The lowest BCUT2D eigenvalue weighted by molar-refractivity contribution is -0.140. The summed E-state index contributed by atoms with van der Waals surface area (Å²) in [5.74, 6) is -1.17. The van der Waals surface area contributed by atoms with Gasteiger partial charge in [0, 0.05) is 23.1 Å².